The smallest absolute Gasteiger partial charge is 0.410 e. The summed E-state index contributed by atoms with van der Waals surface area (Å²) in [6.45, 7) is 11.6. The van der Waals surface area contributed by atoms with E-state index in [2.05, 4.69) is 28.8 Å². The van der Waals surface area contributed by atoms with Gasteiger partial charge in [-0.25, -0.2) is 9.78 Å². The number of fused-ring (bicyclic) bond motifs is 1. The molecule has 10 heteroatoms. The molecule has 2 aliphatic heterocycles. The van der Waals surface area contributed by atoms with Gasteiger partial charge in [0.15, 0.2) is 11.5 Å². The second kappa shape index (κ2) is 11.6. The maximum atomic E-state index is 12.6. The third-order valence-corrected chi connectivity index (χ3v) is 6.58. The van der Waals surface area contributed by atoms with E-state index in [1.54, 1.807) is 12.0 Å². The van der Waals surface area contributed by atoms with Crippen LogP contribution in [0.25, 0.3) is 10.9 Å². The van der Waals surface area contributed by atoms with Crippen molar-refractivity contribution >= 4 is 28.8 Å². The van der Waals surface area contributed by atoms with E-state index in [-0.39, 0.29) is 6.09 Å². The fourth-order valence-electron chi connectivity index (χ4n) is 4.67. The molecule has 3 heterocycles. The zero-order valence-corrected chi connectivity index (χ0v) is 23.2. The van der Waals surface area contributed by atoms with Gasteiger partial charge in [0, 0.05) is 57.3 Å². The van der Waals surface area contributed by atoms with E-state index in [1.807, 2.05) is 32.9 Å². The first kappa shape index (κ1) is 27.0. The van der Waals surface area contributed by atoms with Gasteiger partial charge in [-0.15, -0.1) is 0 Å². The number of carbonyl (C=O) groups is 1. The van der Waals surface area contributed by atoms with Gasteiger partial charge in [-0.1, -0.05) is 0 Å². The van der Waals surface area contributed by atoms with Crippen molar-refractivity contribution in [1.29, 1.82) is 0 Å². The molecule has 1 aromatic carbocycles. The van der Waals surface area contributed by atoms with Crippen molar-refractivity contribution in [2.75, 3.05) is 83.4 Å². The third-order valence-electron chi connectivity index (χ3n) is 6.58. The molecule has 0 radical (unpaired) electrons. The number of rotatable bonds is 8. The molecule has 0 bridgehead atoms. The SMILES string of the molecule is COc1cc2c(N3CCN(C(=O)OC(C)(C)C)CC3)nc(N3CCCC3)nc2cc1OCCCN(C)C. The van der Waals surface area contributed by atoms with Gasteiger partial charge in [-0.3, -0.25) is 0 Å². The Bertz CT molecular complexity index is 1070. The van der Waals surface area contributed by atoms with Gasteiger partial charge >= 0.3 is 6.09 Å². The lowest BCUT2D eigenvalue weighted by molar-refractivity contribution is 0.0240. The summed E-state index contributed by atoms with van der Waals surface area (Å²) in [4.78, 5) is 31.0. The Morgan fingerprint density at radius 1 is 0.973 bits per heavy atom. The predicted molar refractivity (Wildman–Crippen MR) is 146 cm³/mol. The molecule has 1 aromatic heterocycles. The second-order valence-corrected chi connectivity index (χ2v) is 11.0. The van der Waals surface area contributed by atoms with E-state index in [9.17, 15) is 4.79 Å². The van der Waals surface area contributed by atoms with E-state index in [4.69, 9.17) is 24.2 Å². The van der Waals surface area contributed by atoms with Crippen LogP contribution in [0.4, 0.5) is 16.6 Å². The summed E-state index contributed by atoms with van der Waals surface area (Å²) in [6, 6.07) is 3.96. The summed E-state index contributed by atoms with van der Waals surface area (Å²) >= 11 is 0. The van der Waals surface area contributed by atoms with Crippen LogP contribution in [0.15, 0.2) is 12.1 Å². The van der Waals surface area contributed by atoms with Crippen LogP contribution in [0.5, 0.6) is 11.5 Å². The molecular weight excluding hydrogens is 472 g/mol. The van der Waals surface area contributed by atoms with Crippen molar-refractivity contribution in [2.24, 2.45) is 0 Å². The fraction of sp³-hybridized carbons (Fsp3) is 0.667. The Balaban J connectivity index is 1.61. The molecule has 0 atom stereocenters. The third kappa shape index (κ3) is 6.85. The topological polar surface area (TPSA) is 83.5 Å². The first-order chi connectivity index (χ1) is 17.6. The van der Waals surface area contributed by atoms with Crippen molar-refractivity contribution in [3.63, 3.8) is 0 Å². The average Bonchev–Trinajstić information content (AvgIpc) is 3.39. The lowest BCUT2D eigenvalue weighted by Crippen LogP contribution is -2.50. The van der Waals surface area contributed by atoms with Crippen LogP contribution in [0.2, 0.25) is 0 Å². The van der Waals surface area contributed by atoms with Gasteiger partial charge in [0.25, 0.3) is 0 Å². The molecule has 2 saturated heterocycles. The molecule has 0 aliphatic carbocycles. The van der Waals surface area contributed by atoms with Gasteiger partial charge in [0.05, 0.1) is 19.2 Å². The van der Waals surface area contributed by atoms with Crippen LogP contribution in [0, 0.1) is 0 Å². The minimum atomic E-state index is -0.509. The molecule has 37 heavy (non-hydrogen) atoms. The number of ether oxygens (including phenoxy) is 3. The summed E-state index contributed by atoms with van der Waals surface area (Å²) in [7, 11) is 5.77. The number of hydrogen-bond donors (Lipinski definition) is 0. The van der Waals surface area contributed by atoms with Gasteiger partial charge in [-0.2, -0.15) is 4.98 Å². The van der Waals surface area contributed by atoms with Crippen molar-refractivity contribution in [2.45, 2.75) is 45.6 Å². The zero-order valence-electron chi connectivity index (χ0n) is 23.2. The summed E-state index contributed by atoms with van der Waals surface area (Å²) < 4.78 is 17.4. The Labute approximate surface area is 220 Å². The van der Waals surface area contributed by atoms with E-state index in [0.29, 0.717) is 44.3 Å². The van der Waals surface area contributed by atoms with Crippen LogP contribution in [-0.4, -0.2) is 105 Å². The maximum absolute atomic E-state index is 12.6. The number of nitrogens with zero attached hydrogens (tertiary/aromatic N) is 6. The quantitative estimate of drug-likeness (QED) is 0.491. The van der Waals surface area contributed by atoms with Gasteiger partial charge in [0.2, 0.25) is 5.95 Å². The number of methoxy groups -OCH3 is 1. The zero-order chi connectivity index (χ0) is 26.6. The highest BCUT2D eigenvalue weighted by molar-refractivity contribution is 5.93. The van der Waals surface area contributed by atoms with Crippen LogP contribution in [0.3, 0.4) is 0 Å². The van der Waals surface area contributed by atoms with Gasteiger partial charge in [0.1, 0.15) is 11.4 Å². The molecule has 2 aliphatic rings. The monoisotopic (exact) mass is 514 g/mol. The molecule has 1 amide bonds. The average molecular weight is 515 g/mol. The maximum Gasteiger partial charge on any atom is 0.410 e. The van der Waals surface area contributed by atoms with Crippen molar-refractivity contribution in [1.82, 2.24) is 19.8 Å². The molecule has 2 aromatic rings. The largest absolute Gasteiger partial charge is 0.493 e. The van der Waals surface area contributed by atoms with Gasteiger partial charge < -0.3 is 33.8 Å². The predicted octanol–water partition coefficient (Wildman–Crippen LogP) is 3.63. The van der Waals surface area contributed by atoms with Crippen molar-refractivity contribution in [3.8, 4) is 11.5 Å². The van der Waals surface area contributed by atoms with Crippen LogP contribution in [0.1, 0.15) is 40.0 Å². The summed E-state index contributed by atoms with van der Waals surface area (Å²) in [5.74, 6) is 2.98. The Morgan fingerprint density at radius 2 is 1.68 bits per heavy atom. The molecule has 2 fully saturated rings. The Morgan fingerprint density at radius 3 is 2.30 bits per heavy atom. The van der Waals surface area contributed by atoms with E-state index in [1.165, 1.54) is 0 Å². The second-order valence-electron chi connectivity index (χ2n) is 11.0. The highest BCUT2D eigenvalue weighted by Gasteiger charge is 2.28. The van der Waals surface area contributed by atoms with Crippen molar-refractivity contribution < 1.29 is 19.0 Å². The molecule has 0 saturated carbocycles. The van der Waals surface area contributed by atoms with Crippen LogP contribution in [-0.2, 0) is 4.74 Å². The fourth-order valence-corrected chi connectivity index (χ4v) is 4.67. The number of aromatic nitrogens is 2. The van der Waals surface area contributed by atoms with E-state index >= 15 is 0 Å². The number of amides is 1. The minimum absolute atomic E-state index is 0.268. The lowest BCUT2D eigenvalue weighted by Gasteiger charge is -2.36. The highest BCUT2D eigenvalue weighted by Crippen LogP contribution is 2.37. The standard InChI is InChI=1S/C27H42N6O4/c1-27(2,3)37-26(34)33-15-13-31(14-16-33)24-20-18-22(35-6)23(36-17-9-10-30(4)5)19-21(20)28-25(29-24)32-11-7-8-12-32/h18-19H,7-17H2,1-6H3. The molecule has 10 nitrogen and oxygen atoms in total. The first-order valence-electron chi connectivity index (χ1n) is 13.3. The Hall–Kier alpha value is -3.01. The number of hydrogen-bond acceptors (Lipinski definition) is 9. The molecule has 0 spiro atoms. The molecule has 204 valence electrons. The van der Waals surface area contributed by atoms with Crippen LogP contribution >= 0.6 is 0 Å². The highest BCUT2D eigenvalue weighted by atomic mass is 16.6. The van der Waals surface area contributed by atoms with Gasteiger partial charge in [-0.05, 0) is 60.2 Å². The molecular formula is C27H42N6O4. The number of anilines is 2. The first-order valence-corrected chi connectivity index (χ1v) is 13.3. The Kier molecular flexibility index (Phi) is 8.46. The normalized spacial score (nSPS) is 16.6. The minimum Gasteiger partial charge on any atom is -0.493 e. The molecule has 0 N–H and O–H groups in total. The lowest BCUT2D eigenvalue weighted by atomic mass is 10.1. The summed E-state index contributed by atoms with van der Waals surface area (Å²) in [5.41, 5.74) is 0.328. The van der Waals surface area contributed by atoms with Crippen molar-refractivity contribution in [3.05, 3.63) is 12.1 Å². The number of piperazine rings is 1. The van der Waals surface area contributed by atoms with E-state index in [0.717, 1.165) is 61.6 Å². The summed E-state index contributed by atoms with van der Waals surface area (Å²) in [6.07, 6.45) is 2.95. The number of carbonyl (C=O) groups excluding carboxylic acids is 1. The molecule has 4 rings (SSSR count). The van der Waals surface area contributed by atoms with Crippen LogP contribution < -0.4 is 19.3 Å². The van der Waals surface area contributed by atoms with E-state index < -0.39 is 5.60 Å². The molecule has 0 unspecified atom stereocenters. The number of benzene rings is 1. The summed E-state index contributed by atoms with van der Waals surface area (Å²) in [5, 5.41) is 0.922.